The first-order valence-corrected chi connectivity index (χ1v) is 21.6. The molecule has 0 unspecified atom stereocenters. The van der Waals surface area contributed by atoms with Crippen LogP contribution in [0.3, 0.4) is 0 Å². The summed E-state index contributed by atoms with van der Waals surface area (Å²) >= 11 is 0. The van der Waals surface area contributed by atoms with E-state index in [-0.39, 0.29) is 55.7 Å². The first kappa shape index (κ1) is 44.0. The smallest absolute Gasteiger partial charge is 0.390 e. The third-order valence-electron chi connectivity index (χ3n) is 12.2. The SMILES string of the molecule is Cn1c(=O)n([C@H]2CCC(=O)NC2=O)c2ccc(C#CCOCCN3CC(NCCNCc4ccc(-c5cn([C@H]6CC[C@H](O)CC6)c6nc(NCCC(F)(F)F)ncc56)cc4)C3)cc21. The Hall–Kier alpha value is -5.58. The van der Waals surface area contributed by atoms with Crippen molar-refractivity contribution < 1.29 is 32.6 Å². The highest BCUT2D eigenvalue weighted by Crippen LogP contribution is 2.37. The molecular formula is C45H53F3N10O5. The average Bonchev–Trinajstić information content (AvgIpc) is 3.74. The lowest BCUT2D eigenvalue weighted by atomic mass is 9.93. The second-order valence-corrected chi connectivity index (χ2v) is 16.7. The van der Waals surface area contributed by atoms with E-state index in [0.717, 1.165) is 73.2 Å². The van der Waals surface area contributed by atoms with Crippen LogP contribution in [0.5, 0.6) is 0 Å². The van der Waals surface area contributed by atoms with Gasteiger partial charge in [-0.05, 0) is 61.4 Å². The van der Waals surface area contributed by atoms with E-state index in [1.807, 2.05) is 12.1 Å². The Morgan fingerprint density at radius 1 is 0.984 bits per heavy atom. The van der Waals surface area contributed by atoms with E-state index < -0.39 is 24.5 Å². The molecule has 5 heterocycles. The van der Waals surface area contributed by atoms with Crippen LogP contribution >= 0.6 is 0 Å². The molecule has 0 radical (unpaired) electrons. The number of carbonyl (C=O) groups excluding carboxylic acids is 2. The highest BCUT2D eigenvalue weighted by Gasteiger charge is 2.32. The van der Waals surface area contributed by atoms with E-state index in [0.29, 0.717) is 48.7 Å². The van der Waals surface area contributed by atoms with Crippen LogP contribution in [0, 0.1) is 11.8 Å². The zero-order valence-electron chi connectivity index (χ0n) is 35.2. The Morgan fingerprint density at radius 2 is 1.78 bits per heavy atom. The van der Waals surface area contributed by atoms with Crippen molar-refractivity contribution in [2.24, 2.45) is 7.05 Å². The molecule has 2 aromatic carbocycles. The van der Waals surface area contributed by atoms with Gasteiger partial charge in [0.05, 0.1) is 30.2 Å². The van der Waals surface area contributed by atoms with Crippen LogP contribution in [-0.4, -0.2) is 116 Å². The van der Waals surface area contributed by atoms with Crippen LogP contribution in [0.15, 0.2) is 59.7 Å². The van der Waals surface area contributed by atoms with Crippen molar-refractivity contribution in [3.05, 3.63) is 76.5 Å². The maximum absolute atomic E-state index is 13.0. The average molecular weight is 871 g/mol. The van der Waals surface area contributed by atoms with Crippen molar-refractivity contribution in [1.82, 2.24) is 44.5 Å². The Balaban J connectivity index is 0.737. The molecular weight excluding hydrogens is 818 g/mol. The summed E-state index contributed by atoms with van der Waals surface area (Å²) in [5, 5.41) is 23.1. The first-order valence-electron chi connectivity index (χ1n) is 21.6. The van der Waals surface area contributed by atoms with Crippen LogP contribution in [0.1, 0.15) is 68.2 Å². The summed E-state index contributed by atoms with van der Waals surface area (Å²) < 4.78 is 49.1. The molecule has 2 amide bonds. The third kappa shape index (κ3) is 10.6. The van der Waals surface area contributed by atoms with Gasteiger partial charge >= 0.3 is 11.9 Å². The van der Waals surface area contributed by atoms with Crippen molar-refractivity contribution in [2.45, 2.75) is 81.9 Å². The highest BCUT2D eigenvalue weighted by molar-refractivity contribution is 6.00. The molecule has 3 aliphatic rings. The predicted octanol–water partition coefficient (Wildman–Crippen LogP) is 4.00. The fraction of sp³-hybridized carbons (Fsp3) is 0.489. The van der Waals surface area contributed by atoms with Gasteiger partial charge in [-0.15, -0.1) is 0 Å². The molecule has 3 aromatic heterocycles. The molecule has 2 aliphatic heterocycles. The number of aliphatic hydroxyl groups excluding tert-OH is 1. The number of amides is 2. The number of anilines is 1. The van der Waals surface area contributed by atoms with Crippen molar-refractivity contribution >= 4 is 39.8 Å². The number of ether oxygens (including phenoxy) is 1. The Labute approximate surface area is 362 Å². The highest BCUT2D eigenvalue weighted by atomic mass is 19.4. The van der Waals surface area contributed by atoms with Gasteiger partial charge < -0.3 is 30.4 Å². The molecule has 63 heavy (non-hydrogen) atoms. The van der Waals surface area contributed by atoms with Crippen LogP contribution in [0.4, 0.5) is 19.1 Å². The first-order chi connectivity index (χ1) is 30.4. The van der Waals surface area contributed by atoms with Gasteiger partial charge in [-0.25, -0.2) is 9.78 Å². The standard InChI is InChI=1S/C45H53F3N10O5/c1-55-39-23-29(6-13-37(39)58(44(55)62)38-14-15-40(60)53-42(38)61)3-2-21-63-22-20-56-26-32(27-56)50-19-18-49-24-30-4-7-31(8-5-30)36-28-57(33-9-11-34(59)12-10-33)41-35(36)25-52-43(54-41)51-17-16-45(46,47)48/h4-8,13,23,25,28,32-34,38,49-50,59H,9-12,14-22,24,26-27H2,1H3,(H,51,52,54)(H,53,60,61)/t33-,34-,38-/m0/s1. The van der Waals surface area contributed by atoms with Crippen LogP contribution in [0.2, 0.25) is 0 Å². The number of aromatic nitrogens is 5. The number of hydrogen-bond donors (Lipinski definition) is 5. The minimum absolute atomic E-state index is 0.127. The molecule has 0 spiro atoms. The number of alkyl halides is 3. The van der Waals surface area contributed by atoms with Gasteiger partial charge in [0.15, 0.2) is 0 Å². The summed E-state index contributed by atoms with van der Waals surface area (Å²) in [6.07, 6.45) is 1.62. The van der Waals surface area contributed by atoms with Gasteiger partial charge in [0.25, 0.3) is 0 Å². The molecule has 15 nitrogen and oxygen atoms in total. The monoisotopic (exact) mass is 870 g/mol. The van der Waals surface area contributed by atoms with Crippen LogP contribution in [-0.2, 0) is 27.9 Å². The van der Waals surface area contributed by atoms with Gasteiger partial charge in [-0.2, -0.15) is 18.2 Å². The van der Waals surface area contributed by atoms with E-state index in [4.69, 9.17) is 4.74 Å². The minimum atomic E-state index is -4.27. The van der Waals surface area contributed by atoms with Gasteiger partial charge in [0, 0.05) is 100 Å². The van der Waals surface area contributed by atoms with Crippen molar-refractivity contribution in [3.63, 3.8) is 0 Å². The number of nitrogens with zero attached hydrogens (tertiary/aromatic N) is 6. The Morgan fingerprint density at radius 3 is 2.54 bits per heavy atom. The van der Waals surface area contributed by atoms with Crippen LogP contribution < -0.4 is 27.0 Å². The molecule has 18 heteroatoms. The molecule has 1 aliphatic carbocycles. The number of imidazole rings is 1. The zero-order valence-corrected chi connectivity index (χ0v) is 35.2. The fourth-order valence-electron chi connectivity index (χ4n) is 8.68. The number of piperidine rings is 1. The summed E-state index contributed by atoms with van der Waals surface area (Å²) in [6.45, 7) is 5.64. The van der Waals surface area contributed by atoms with Crippen molar-refractivity contribution in [2.75, 3.05) is 57.8 Å². The number of likely N-dealkylation sites (tertiary alicyclic amines) is 1. The maximum atomic E-state index is 13.0. The number of nitrogens with one attached hydrogen (secondary N) is 4. The number of carbonyl (C=O) groups is 2. The largest absolute Gasteiger partial charge is 0.393 e. The number of imide groups is 1. The second kappa shape index (κ2) is 19.4. The third-order valence-corrected chi connectivity index (χ3v) is 12.2. The molecule has 5 aromatic rings. The number of halogens is 3. The van der Waals surface area contributed by atoms with Gasteiger partial charge in [-0.1, -0.05) is 36.1 Å². The second-order valence-electron chi connectivity index (χ2n) is 16.7. The number of aryl methyl sites for hydroxylation is 1. The molecule has 0 bridgehead atoms. The lowest BCUT2D eigenvalue weighted by Crippen LogP contribution is -2.59. The molecule has 8 rings (SSSR count). The summed E-state index contributed by atoms with van der Waals surface area (Å²) in [4.78, 5) is 48.4. The van der Waals surface area contributed by atoms with E-state index in [1.54, 1.807) is 19.3 Å². The predicted molar refractivity (Wildman–Crippen MR) is 232 cm³/mol. The molecule has 5 N–H and O–H groups in total. The lowest BCUT2D eigenvalue weighted by Gasteiger charge is -2.39. The summed E-state index contributed by atoms with van der Waals surface area (Å²) in [6, 6.07) is 13.6. The minimum Gasteiger partial charge on any atom is -0.393 e. The molecule has 1 saturated carbocycles. The molecule has 2 saturated heterocycles. The maximum Gasteiger partial charge on any atom is 0.390 e. The van der Waals surface area contributed by atoms with E-state index >= 15 is 0 Å². The van der Waals surface area contributed by atoms with Gasteiger partial charge in [-0.3, -0.25) is 28.9 Å². The van der Waals surface area contributed by atoms with E-state index in [1.165, 1.54) is 9.13 Å². The van der Waals surface area contributed by atoms with E-state index in [9.17, 15) is 32.7 Å². The van der Waals surface area contributed by atoms with Crippen molar-refractivity contribution in [1.29, 1.82) is 0 Å². The lowest BCUT2D eigenvalue weighted by molar-refractivity contribution is -0.136. The summed E-state index contributed by atoms with van der Waals surface area (Å²) in [7, 11) is 1.66. The topological polar surface area (TPSA) is 173 Å². The number of fused-ring (bicyclic) bond motifs is 2. The number of rotatable bonds is 16. The van der Waals surface area contributed by atoms with Gasteiger partial charge in [0.2, 0.25) is 17.8 Å². The summed E-state index contributed by atoms with van der Waals surface area (Å²) in [5.74, 6) is 5.52. The number of benzene rings is 2. The van der Waals surface area contributed by atoms with Crippen molar-refractivity contribution in [3.8, 4) is 23.0 Å². The van der Waals surface area contributed by atoms with Gasteiger partial charge in [0.1, 0.15) is 18.3 Å². The Kier molecular flexibility index (Phi) is 13.6. The zero-order chi connectivity index (χ0) is 44.1. The molecule has 334 valence electrons. The molecule has 1 atom stereocenters. The summed E-state index contributed by atoms with van der Waals surface area (Å²) in [5.41, 5.74) is 5.47. The number of aliphatic hydroxyl groups is 1. The number of hydrogen-bond acceptors (Lipinski definition) is 11. The normalized spacial score (nSPS) is 19.9. The van der Waals surface area contributed by atoms with E-state index in [2.05, 4.69) is 83.0 Å². The quantitative estimate of drug-likeness (QED) is 0.0552. The van der Waals surface area contributed by atoms with Crippen LogP contribution in [0.25, 0.3) is 33.2 Å². The molecule has 3 fully saturated rings. The fourth-order valence-corrected chi connectivity index (χ4v) is 8.68. The Bertz CT molecular complexity index is 2540.